The van der Waals surface area contributed by atoms with E-state index in [2.05, 4.69) is 20.4 Å². The lowest BCUT2D eigenvalue weighted by atomic mass is 9.99. The highest BCUT2D eigenvalue weighted by Gasteiger charge is 2.21. The third kappa shape index (κ3) is 3.65. The van der Waals surface area contributed by atoms with Crippen LogP contribution >= 0.6 is 24.8 Å². The van der Waals surface area contributed by atoms with Crippen molar-refractivity contribution in [3.63, 3.8) is 0 Å². The van der Waals surface area contributed by atoms with Crippen LogP contribution < -0.4 is 5.32 Å². The molecule has 1 aliphatic heterocycles. The van der Waals surface area contributed by atoms with E-state index in [0.717, 1.165) is 37.4 Å². The average Bonchev–Trinajstić information content (AvgIpc) is 2.90. The first-order valence-electron chi connectivity index (χ1n) is 5.89. The van der Waals surface area contributed by atoms with Crippen LogP contribution in [0.5, 0.6) is 0 Å². The second kappa shape index (κ2) is 7.43. The fourth-order valence-electron chi connectivity index (χ4n) is 2.07. The molecule has 1 fully saturated rings. The van der Waals surface area contributed by atoms with Gasteiger partial charge in [-0.15, -0.1) is 24.8 Å². The molecule has 1 saturated heterocycles. The number of pyridine rings is 1. The predicted molar refractivity (Wildman–Crippen MR) is 76.9 cm³/mol. The second-order valence-electron chi connectivity index (χ2n) is 4.22. The van der Waals surface area contributed by atoms with Crippen LogP contribution in [0.2, 0.25) is 0 Å². The normalized spacial score (nSPS) is 18.2. The zero-order valence-corrected chi connectivity index (χ0v) is 11.9. The van der Waals surface area contributed by atoms with E-state index in [4.69, 9.17) is 4.52 Å². The summed E-state index contributed by atoms with van der Waals surface area (Å²) in [6.07, 6.45) is 4.01. The highest BCUT2D eigenvalue weighted by molar-refractivity contribution is 5.85. The topological polar surface area (TPSA) is 63.8 Å². The number of nitrogens with zero attached hydrogens (tertiary/aromatic N) is 3. The number of hydrogen-bond acceptors (Lipinski definition) is 5. The van der Waals surface area contributed by atoms with Crippen molar-refractivity contribution in [2.24, 2.45) is 0 Å². The van der Waals surface area contributed by atoms with E-state index in [-0.39, 0.29) is 24.8 Å². The standard InChI is InChI=1S/C12H14N4O.2ClH/c1-2-7-14-10(5-1)12-15-11(16-17-12)9-4-3-6-13-8-9;;/h1-2,5,7,9,13H,3-4,6,8H2;2*1H. The van der Waals surface area contributed by atoms with Crippen LogP contribution in [-0.2, 0) is 0 Å². The van der Waals surface area contributed by atoms with Crippen molar-refractivity contribution in [2.75, 3.05) is 13.1 Å². The van der Waals surface area contributed by atoms with Crippen molar-refractivity contribution < 1.29 is 4.52 Å². The minimum atomic E-state index is 0. The van der Waals surface area contributed by atoms with Crippen molar-refractivity contribution in [3.05, 3.63) is 30.2 Å². The summed E-state index contributed by atoms with van der Waals surface area (Å²) in [6.45, 7) is 2.02. The Balaban J connectivity index is 0.000000902. The van der Waals surface area contributed by atoms with Gasteiger partial charge in [0.05, 0.1) is 0 Å². The van der Waals surface area contributed by atoms with Crippen molar-refractivity contribution >= 4 is 24.8 Å². The molecule has 1 atom stereocenters. The number of hydrogen-bond donors (Lipinski definition) is 1. The molecule has 3 rings (SSSR count). The molecule has 0 saturated carbocycles. The molecule has 0 amide bonds. The first kappa shape index (κ1) is 15.9. The summed E-state index contributed by atoms with van der Waals surface area (Å²) in [5, 5.41) is 7.40. The molecule has 0 radical (unpaired) electrons. The second-order valence-corrected chi connectivity index (χ2v) is 4.22. The van der Waals surface area contributed by atoms with Crippen LogP contribution in [0.4, 0.5) is 0 Å². The minimum absolute atomic E-state index is 0. The van der Waals surface area contributed by atoms with Gasteiger partial charge >= 0.3 is 0 Å². The lowest BCUT2D eigenvalue weighted by Gasteiger charge is -2.19. The van der Waals surface area contributed by atoms with E-state index in [1.807, 2.05) is 18.2 Å². The Hall–Kier alpha value is -1.17. The molecule has 0 bridgehead atoms. The van der Waals surface area contributed by atoms with E-state index in [1.54, 1.807) is 6.20 Å². The van der Waals surface area contributed by atoms with E-state index in [0.29, 0.717) is 11.8 Å². The number of rotatable bonds is 2. The van der Waals surface area contributed by atoms with Crippen LogP contribution in [0.25, 0.3) is 11.6 Å². The van der Waals surface area contributed by atoms with Gasteiger partial charge in [0.2, 0.25) is 0 Å². The van der Waals surface area contributed by atoms with E-state index < -0.39 is 0 Å². The summed E-state index contributed by atoms with van der Waals surface area (Å²) in [5.74, 6) is 1.66. The molecule has 2 aromatic heterocycles. The van der Waals surface area contributed by atoms with Gasteiger partial charge in [-0.05, 0) is 31.5 Å². The van der Waals surface area contributed by atoms with Gasteiger partial charge in [0, 0.05) is 18.7 Å². The molecular weight excluding hydrogens is 287 g/mol. The summed E-state index contributed by atoms with van der Waals surface area (Å²) in [5.41, 5.74) is 0.731. The van der Waals surface area contributed by atoms with E-state index >= 15 is 0 Å². The smallest absolute Gasteiger partial charge is 0.276 e. The molecule has 0 aromatic carbocycles. The Kier molecular flexibility index (Phi) is 6.21. The highest BCUT2D eigenvalue weighted by Crippen LogP contribution is 2.22. The quantitative estimate of drug-likeness (QED) is 0.923. The molecule has 0 aliphatic carbocycles. The highest BCUT2D eigenvalue weighted by atomic mass is 35.5. The van der Waals surface area contributed by atoms with Crippen molar-refractivity contribution in [1.82, 2.24) is 20.4 Å². The van der Waals surface area contributed by atoms with Crippen molar-refractivity contribution in [2.45, 2.75) is 18.8 Å². The predicted octanol–water partition coefficient (Wildman–Crippen LogP) is 2.44. The maximum Gasteiger partial charge on any atom is 0.276 e. The number of nitrogens with one attached hydrogen (secondary N) is 1. The fourth-order valence-corrected chi connectivity index (χ4v) is 2.07. The number of halogens is 2. The number of aromatic nitrogens is 3. The lowest BCUT2D eigenvalue weighted by molar-refractivity contribution is 0.392. The molecule has 1 unspecified atom stereocenters. The average molecular weight is 303 g/mol. The van der Waals surface area contributed by atoms with Gasteiger partial charge in [0.25, 0.3) is 5.89 Å². The molecule has 1 N–H and O–H groups in total. The zero-order chi connectivity index (χ0) is 11.5. The Morgan fingerprint density at radius 2 is 2.16 bits per heavy atom. The molecule has 3 heterocycles. The van der Waals surface area contributed by atoms with Crippen LogP contribution in [0.1, 0.15) is 24.6 Å². The molecular formula is C12H16Cl2N4O. The van der Waals surface area contributed by atoms with Gasteiger partial charge < -0.3 is 9.84 Å². The Morgan fingerprint density at radius 1 is 1.26 bits per heavy atom. The third-order valence-electron chi connectivity index (χ3n) is 2.99. The van der Waals surface area contributed by atoms with E-state index in [1.165, 1.54) is 0 Å². The minimum Gasteiger partial charge on any atom is -0.332 e. The summed E-state index contributed by atoms with van der Waals surface area (Å²) < 4.78 is 5.25. The molecule has 19 heavy (non-hydrogen) atoms. The summed E-state index contributed by atoms with van der Waals surface area (Å²) in [6, 6.07) is 5.65. The summed E-state index contributed by atoms with van der Waals surface area (Å²) in [4.78, 5) is 8.62. The Morgan fingerprint density at radius 3 is 2.84 bits per heavy atom. The Bertz CT molecular complexity index is 485. The summed E-state index contributed by atoms with van der Waals surface area (Å²) in [7, 11) is 0. The van der Waals surface area contributed by atoms with Gasteiger partial charge in [0.1, 0.15) is 5.69 Å². The third-order valence-corrected chi connectivity index (χ3v) is 2.99. The molecule has 1 aliphatic rings. The fraction of sp³-hybridized carbons (Fsp3) is 0.417. The molecule has 2 aromatic rings. The molecule has 7 heteroatoms. The van der Waals surface area contributed by atoms with Gasteiger partial charge in [-0.1, -0.05) is 11.2 Å². The molecule has 0 spiro atoms. The molecule has 5 nitrogen and oxygen atoms in total. The zero-order valence-electron chi connectivity index (χ0n) is 10.3. The van der Waals surface area contributed by atoms with E-state index in [9.17, 15) is 0 Å². The van der Waals surface area contributed by atoms with Crippen LogP contribution in [0, 0.1) is 0 Å². The Labute approximate surface area is 124 Å². The largest absolute Gasteiger partial charge is 0.332 e. The SMILES string of the molecule is Cl.Cl.c1ccc(-c2nc(C3CCCNC3)no2)nc1. The molecule has 104 valence electrons. The number of piperidine rings is 1. The maximum atomic E-state index is 5.25. The summed E-state index contributed by atoms with van der Waals surface area (Å²) >= 11 is 0. The maximum absolute atomic E-state index is 5.25. The van der Waals surface area contributed by atoms with Crippen molar-refractivity contribution in [3.8, 4) is 11.6 Å². The van der Waals surface area contributed by atoms with Gasteiger partial charge in [-0.25, -0.2) is 0 Å². The van der Waals surface area contributed by atoms with Crippen molar-refractivity contribution in [1.29, 1.82) is 0 Å². The monoisotopic (exact) mass is 302 g/mol. The first-order valence-corrected chi connectivity index (χ1v) is 5.89. The lowest BCUT2D eigenvalue weighted by Crippen LogP contribution is -2.28. The van der Waals surface area contributed by atoms with Crippen LogP contribution in [-0.4, -0.2) is 28.2 Å². The van der Waals surface area contributed by atoms with Gasteiger partial charge in [-0.2, -0.15) is 4.98 Å². The van der Waals surface area contributed by atoms with Crippen LogP contribution in [0.3, 0.4) is 0 Å². The first-order chi connectivity index (χ1) is 8.43. The van der Waals surface area contributed by atoms with Gasteiger partial charge in [0.15, 0.2) is 5.82 Å². The van der Waals surface area contributed by atoms with Crippen LogP contribution in [0.15, 0.2) is 28.9 Å². The van der Waals surface area contributed by atoms with Gasteiger partial charge in [-0.3, -0.25) is 4.98 Å².